The third kappa shape index (κ3) is 3.31. The molecule has 1 aliphatic rings. The fraction of sp³-hybridized carbons (Fsp3) is 0.643. The molecule has 0 radical (unpaired) electrons. The van der Waals surface area contributed by atoms with Gasteiger partial charge in [-0.2, -0.15) is 0 Å². The van der Waals surface area contributed by atoms with Gasteiger partial charge in [-0.25, -0.2) is 0 Å². The monoisotopic (exact) mass is 284 g/mol. The van der Waals surface area contributed by atoms with E-state index < -0.39 is 0 Å². The second-order valence-electron chi connectivity index (χ2n) is 5.14. The molecule has 5 heteroatoms. The molecule has 1 heterocycles. The van der Waals surface area contributed by atoms with Crippen molar-refractivity contribution in [3.05, 3.63) is 23.0 Å². The number of amides is 1. The summed E-state index contributed by atoms with van der Waals surface area (Å²) in [7, 11) is 0. The van der Waals surface area contributed by atoms with Crippen molar-refractivity contribution >= 4 is 17.5 Å². The molecule has 19 heavy (non-hydrogen) atoms. The van der Waals surface area contributed by atoms with Crippen LogP contribution in [0.2, 0.25) is 5.02 Å². The lowest BCUT2D eigenvalue weighted by Crippen LogP contribution is -2.43. The second kappa shape index (κ2) is 6.44. The van der Waals surface area contributed by atoms with Crippen molar-refractivity contribution in [2.24, 2.45) is 5.92 Å². The van der Waals surface area contributed by atoms with E-state index in [1.165, 1.54) is 0 Å². The van der Waals surface area contributed by atoms with Gasteiger partial charge in [-0.15, -0.1) is 0 Å². The number of nitrogens with zero attached hydrogens (tertiary/aromatic N) is 1. The summed E-state index contributed by atoms with van der Waals surface area (Å²) in [5.74, 6) is 0.0808. The van der Waals surface area contributed by atoms with Crippen LogP contribution < -0.4 is 5.32 Å². The molecule has 1 aromatic rings. The lowest BCUT2D eigenvalue weighted by Gasteiger charge is -2.30. The van der Waals surface area contributed by atoms with Crippen LogP contribution in [0.3, 0.4) is 0 Å². The van der Waals surface area contributed by atoms with Crippen molar-refractivity contribution in [3.8, 4) is 0 Å². The molecule has 1 amide bonds. The first-order chi connectivity index (χ1) is 9.15. The van der Waals surface area contributed by atoms with Gasteiger partial charge in [0, 0.05) is 31.3 Å². The van der Waals surface area contributed by atoms with Gasteiger partial charge in [0.05, 0.1) is 5.02 Å². The average Bonchev–Trinajstić information content (AvgIpc) is 2.80. The van der Waals surface area contributed by atoms with Crippen molar-refractivity contribution in [2.45, 2.75) is 45.2 Å². The van der Waals surface area contributed by atoms with Gasteiger partial charge < -0.3 is 15.0 Å². The van der Waals surface area contributed by atoms with Gasteiger partial charge in [0.25, 0.3) is 5.91 Å². The van der Waals surface area contributed by atoms with Gasteiger partial charge in [0.2, 0.25) is 0 Å². The highest BCUT2D eigenvalue weighted by Gasteiger charge is 2.26. The van der Waals surface area contributed by atoms with Gasteiger partial charge in [-0.3, -0.25) is 4.79 Å². The normalized spacial score (nSPS) is 23.3. The van der Waals surface area contributed by atoms with Gasteiger partial charge >= 0.3 is 0 Å². The fourth-order valence-corrected chi connectivity index (χ4v) is 3.01. The number of aryl methyl sites for hydroxylation is 1. The van der Waals surface area contributed by atoms with Crippen molar-refractivity contribution in [1.29, 1.82) is 0 Å². The van der Waals surface area contributed by atoms with Crippen LogP contribution in [0.25, 0.3) is 0 Å². The number of carbonyl (C=O) groups excluding carboxylic acids is 1. The molecule has 0 aromatic carbocycles. The van der Waals surface area contributed by atoms with E-state index in [-0.39, 0.29) is 24.5 Å². The molecule has 2 N–H and O–H groups in total. The predicted molar refractivity (Wildman–Crippen MR) is 75.4 cm³/mol. The summed E-state index contributed by atoms with van der Waals surface area (Å²) < 4.78 is 1.84. The first-order valence-corrected chi connectivity index (χ1v) is 7.31. The average molecular weight is 285 g/mol. The number of hydrogen-bond acceptors (Lipinski definition) is 2. The Hall–Kier alpha value is -1.00. The maximum atomic E-state index is 12.3. The van der Waals surface area contributed by atoms with E-state index in [0.717, 1.165) is 25.7 Å². The smallest absolute Gasteiger partial charge is 0.268 e. The molecule has 0 saturated heterocycles. The molecule has 1 saturated carbocycles. The summed E-state index contributed by atoms with van der Waals surface area (Å²) in [6, 6.07) is 1.77. The summed E-state index contributed by atoms with van der Waals surface area (Å²) in [5.41, 5.74) is 0.592. The zero-order valence-electron chi connectivity index (χ0n) is 11.2. The van der Waals surface area contributed by atoms with Crippen molar-refractivity contribution in [2.75, 3.05) is 6.61 Å². The van der Waals surface area contributed by atoms with E-state index in [1.54, 1.807) is 12.3 Å². The predicted octanol–water partition coefficient (Wildman–Crippen LogP) is 2.44. The van der Waals surface area contributed by atoms with Gasteiger partial charge in [0.1, 0.15) is 5.69 Å². The molecule has 2 atom stereocenters. The van der Waals surface area contributed by atoms with E-state index in [0.29, 0.717) is 17.3 Å². The van der Waals surface area contributed by atoms with E-state index in [9.17, 15) is 9.90 Å². The van der Waals surface area contributed by atoms with Crippen molar-refractivity contribution in [1.82, 2.24) is 9.88 Å². The standard InChI is InChI=1S/C14H21ClN2O2/c1-2-17-8-11(15)7-13(17)14(19)16-12-6-4-3-5-10(12)9-18/h7-8,10,12,18H,2-6,9H2,1H3,(H,16,19). The Balaban J connectivity index is 2.07. The highest BCUT2D eigenvalue weighted by molar-refractivity contribution is 6.31. The Morgan fingerprint density at radius 3 is 2.95 bits per heavy atom. The molecule has 2 unspecified atom stereocenters. The minimum atomic E-state index is -0.0981. The van der Waals surface area contributed by atoms with E-state index in [1.807, 2.05) is 11.5 Å². The first kappa shape index (κ1) is 14.4. The molecule has 106 valence electrons. The largest absolute Gasteiger partial charge is 0.396 e. The van der Waals surface area contributed by atoms with Crippen LogP contribution in [-0.4, -0.2) is 28.2 Å². The summed E-state index contributed by atoms with van der Waals surface area (Å²) in [6.45, 7) is 2.83. The van der Waals surface area contributed by atoms with E-state index >= 15 is 0 Å². The Labute approximate surface area is 118 Å². The highest BCUT2D eigenvalue weighted by Crippen LogP contribution is 2.24. The molecule has 1 aliphatic carbocycles. The van der Waals surface area contributed by atoms with Crippen LogP contribution in [0.4, 0.5) is 0 Å². The number of aliphatic hydroxyl groups is 1. The molecule has 0 spiro atoms. The van der Waals surface area contributed by atoms with E-state index in [4.69, 9.17) is 11.6 Å². The summed E-state index contributed by atoms with van der Waals surface area (Å²) in [6.07, 6.45) is 5.93. The maximum Gasteiger partial charge on any atom is 0.268 e. The van der Waals surface area contributed by atoms with Gasteiger partial charge in [-0.1, -0.05) is 24.4 Å². The Kier molecular flexibility index (Phi) is 4.88. The maximum absolute atomic E-state index is 12.3. The number of rotatable bonds is 4. The van der Waals surface area contributed by atoms with Crippen LogP contribution in [-0.2, 0) is 6.54 Å². The van der Waals surface area contributed by atoms with Gasteiger partial charge in [-0.05, 0) is 25.8 Å². The molecular weight excluding hydrogens is 264 g/mol. The van der Waals surface area contributed by atoms with E-state index in [2.05, 4.69) is 5.32 Å². The number of aromatic nitrogens is 1. The lowest BCUT2D eigenvalue weighted by molar-refractivity contribution is 0.0863. The Morgan fingerprint density at radius 1 is 1.53 bits per heavy atom. The lowest BCUT2D eigenvalue weighted by atomic mass is 9.85. The molecule has 2 rings (SSSR count). The quantitative estimate of drug-likeness (QED) is 0.892. The Morgan fingerprint density at radius 2 is 2.26 bits per heavy atom. The zero-order valence-corrected chi connectivity index (χ0v) is 12.0. The number of halogens is 1. The zero-order chi connectivity index (χ0) is 13.8. The Bertz CT molecular complexity index is 445. The minimum Gasteiger partial charge on any atom is -0.396 e. The number of aliphatic hydroxyl groups excluding tert-OH is 1. The molecule has 0 bridgehead atoms. The number of hydrogen-bond donors (Lipinski definition) is 2. The SMILES string of the molecule is CCn1cc(Cl)cc1C(=O)NC1CCCCC1CO. The topological polar surface area (TPSA) is 54.3 Å². The number of carbonyl (C=O) groups is 1. The molecule has 4 nitrogen and oxygen atoms in total. The first-order valence-electron chi connectivity index (χ1n) is 6.93. The number of nitrogens with one attached hydrogen (secondary N) is 1. The van der Waals surface area contributed by atoms with Crippen molar-refractivity contribution < 1.29 is 9.90 Å². The fourth-order valence-electron chi connectivity index (χ4n) is 2.79. The highest BCUT2D eigenvalue weighted by atomic mass is 35.5. The van der Waals surface area contributed by atoms with Crippen molar-refractivity contribution in [3.63, 3.8) is 0 Å². The van der Waals surface area contributed by atoms with Crippen LogP contribution in [0.1, 0.15) is 43.1 Å². The molecule has 1 fully saturated rings. The minimum absolute atomic E-state index is 0.0743. The molecule has 0 aliphatic heterocycles. The summed E-state index contributed by atoms with van der Waals surface area (Å²) in [4.78, 5) is 12.3. The van der Waals surface area contributed by atoms with Crippen LogP contribution in [0, 0.1) is 5.92 Å². The second-order valence-corrected chi connectivity index (χ2v) is 5.57. The summed E-state index contributed by atoms with van der Waals surface area (Å²) in [5, 5.41) is 13.0. The molecule has 1 aromatic heterocycles. The van der Waals surface area contributed by atoms with Crippen LogP contribution in [0.5, 0.6) is 0 Å². The molecular formula is C14H21ClN2O2. The third-order valence-electron chi connectivity index (χ3n) is 3.90. The van der Waals surface area contributed by atoms with Crippen LogP contribution in [0.15, 0.2) is 12.3 Å². The summed E-state index contributed by atoms with van der Waals surface area (Å²) >= 11 is 5.95. The van der Waals surface area contributed by atoms with Gasteiger partial charge in [0.15, 0.2) is 0 Å². The third-order valence-corrected chi connectivity index (χ3v) is 4.10. The van der Waals surface area contributed by atoms with Crippen LogP contribution >= 0.6 is 11.6 Å².